The number of aromatic nitrogens is 6. The molecule has 0 radical (unpaired) electrons. The second-order valence-corrected chi connectivity index (χ2v) is 9.75. The van der Waals surface area contributed by atoms with Crippen LogP contribution in [0.15, 0.2) is 72.8 Å². The fourth-order valence-electron chi connectivity index (χ4n) is 4.65. The highest BCUT2D eigenvalue weighted by atomic mass is 35.5. The quantitative estimate of drug-likeness (QED) is 0.188. The number of H-pyrrole nitrogens is 1. The van der Waals surface area contributed by atoms with Gasteiger partial charge in [-0.2, -0.15) is 5.21 Å². The highest BCUT2D eigenvalue weighted by Gasteiger charge is 2.18. The molecule has 0 atom stereocenters. The molecule has 204 valence electrons. The Labute approximate surface area is 236 Å². The number of ether oxygens (including phenoxy) is 1. The van der Waals surface area contributed by atoms with Gasteiger partial charge in [-0.3, -0.25) is 0 Å². The van der Waals surface area contributed by atoms with E-state index in [1.54, 1.807) is 24.3 Å². The van der Waals surface area contributed by atoms with Crippen molar-refractivity contribution in [3.8, 4) is 22.5 Å². The molecule has 0 unspecified atom stereocenters. The van der Waals surface area contributed by atoms with Gasteiger partial charge in [0.15, 0.2) is 5.15 Å². The minimum absolute atomic E-state index is 0.156. The molecular formula is C30H29ClN6O3. The lowest BCUT2D eigenvalue weighted by Crippen LogP contribution is -2.11. The van der Waals surface area contributed by atoms with Crippen LogP contribution in [0.1, 0.15) is 52.8 Å². The zero-order valence-corrected chi connectivity index (χ0v) is 22.8. The van der Waals surface area contributed by atoms with Crippen molar-refractivity contribution in [3.63, 3.8) is 0 Å². The first-order chi connectivity index (χ1) is 19.5. The number of aryl methyl sites for hydroxylation is 1. The van der Waals surface area contributed by atoms with Crippen molar-refractivity contribution < 1.29 is 14.6 Å². The maximum Gasteiger partial charge on any atom is 0.336 e. The number of halogens is 1. The Morgan fingerprint density at radius 3 is 2.48 bits per heavy atom. The summed E-state index contributed by atoms with van der Waals surface area (Å²) in [4.78, 5) is 16.2. The standard InChI is InChI=1S/C30H29ClN6O3/c1-2-3-12-27-32-28(31)26(19-40-18-22-8-4-5-10-24(22)30(38)39)37(27)17-20-13-15-21(16-14-20)23-9-6-7-11-25(23)29-33-35-36-34-29/h4-11,13-16H,2-3,12,17-19H2,1H3,(H,38,39)(H,33,34,35,36). The number of aromatic amines is 1. The van der Waals surface area contributed by atoms with Gasteiger partial charge in [0.1, 0.15) is 5.82 Å². The molecule has 0 spiro atoms. The first-order valence-corrected chi connectivity index (χ1v) is 13.5. The van der Waals surface area contributed by atoms with E-state index in [2.05, 4.69) is 61.4 Å². The first-order valence-electron chi connectivity index (χ1n) is 13.1. The smallest absolute Gasteiger partial charge is 0.336 e. The molecule has 0 saturated heterocycles. The third kappa shape index (κ3) is 6.11. The molecule has 5 aromatic rings. The number of unbranched alkanes of at least 4 members (excludes halogenated alkanes) is 1. The third-order valence-electron chi connectivity index (χ3n) is 6.72. The van der Waals surface area contributed by atoms with Crippen LogP contribution in [-0.4, -0.2) is 41.3 Å². The van der Waals surface area contributed by atoms with Gasteiger partial charge in [-0.15, -0.1) is 10.2 Å². The van der Waals surface area contributed by atoms with E-state index in [0.29, 0.717) is 23.1 Å². The van der Waals surface area contributed by atoms with Crippen molar-refractivity contribution >= 4 is 17.6 Å². The maximum atomic E-state index is 11.6. The summed E-state index contributed by atoms with van der Waals surface area (Å²) >= 11 is 6.60. The number of carboxylic acid groups (broad SMARTS) is 1. The number of carbonyl (C=O) groups is 1. The van der Waals surface area contributed by atoms with Gasteiger partial charge in [0, 0.05) is 18.5 Å². The first kappa shape index (κ1) is 27.2. The van der Waals surface area contributed by atoms with E-state index in [-0.39, 0.29) is 18.8 Å². The number of hydrogen-bond acceptors (Lipinski definition) is 6. The molecule has 3 aromatic carbocycles. The van der Waals surface area contributed by atoms with Crippen LogP contribution in [0, 0.1) is 0 Å². The Hall–Kier alpha value is -4.34. The molecule has 0 aliphatic heterocycles. The minimum Gasteiger partial charge on any atom is -0.478 e. The van der Waals surface area contributed by atoms with E-state index in [0.717, 1.165) is 53.0 Å². The van der Waals surface area contributed by atoms with Crippen LogP contribution in [-0.2, 0) is 30.9 Å². The highest BCUT2D eigenvalue weighted by Crippen LogP contribution is 2.30. The van der Waals surface area contributed by atoms with Gasteiger partial charge in [-0.1, -0.05) is 91.7 Å². The van der Waals surface area contributed by atoms with E-state index in [9.17, 15) is 9.90 Å². The molecule has 2 N–H and O–H groups in total. The molecule has 40 heavy (non-hydrogen) atoms. The molecule has 9 nitrogen and oxygen atoms in total. The lowest BCUT2D eigenvalue weighted by Gasteiger charge is -2.14. The van der Waals surface area contributed by atoms with Crippen LogP contribution in [0.25, 0.3) is 22.5 Å². The van der Waals surface area contributed by atoms with Crippen LogP contribution in [0.3, 0.4) is 0 Å². The number of nitrogens with one attached hydrogen (secondary N) is 1. The molecule has 0 saturated carbocycles. The molecule has 0 fully saturated rings. The Kier molecular flexibility index (Phi) is 8.63. The predicted octanol–water partition coefficient (Wildman–Crippen LogP) is 6.19. The lowest BCUT2D eigenvalue weighted by molar-refractivity contribution is 0.0682. The molecule has 0 amide bonds. The van der Waals surface area contributed by atoms with Gasteiger partial charge in [0.2, 0.25) is 5.82 Å². The molecule has 2 aromatic heterocycles. The van der Waals surface area contributed by atoms with E-state index < -0.39 is 5.97 Å². The number of carboxylic acids is 1. The van der Waals surface area contributed by atoms with Crippen molar-refractivity contribution in [3.05, 3.63) is 106 Å². The van der Waals surface area contributed by atoms with Crippen molar-refractivity contribution in [1.29, 1.82) is 0 Å². The summed E-state index contributed by atoms with van der Waals surface area (Å²) in [6.45, 7) is 3.09. The third-order valence-corrected chi connectivity index (χ3v) is 7.02. The Balaban J connectivity index is 1.37. The van der Waals surface area contributed by atoms with E-state index in [1.165, 1.54) is 0 Å². The molecule has 5 rings (SSSR count). The predicted molar refractivity (Wildman–Crippen MR) is 152 cm³/mol. The van der Waals surface area contributed by atoms with Crippen LogP contribution < -0.4 is 0 Å². The van der Waals surface area contributed by atoms with Crippen LogP contribution in [0.2, 0.25) is 5.15 Å². The molecule has 0 aliphatic carbocycles. The summed E-state index contributed by atoms with van der Waals surface area (Å²) < 4.78 is 8.09. The van der Waals surface area contributed by atoms with Crippen LogP contribution in [0.4, 0.5) is 0 Å². The average Bonchev–Trinajstić information content (AvgIpc) is 3.61. The molecular weight excluding hydrogens is 528 g/mol. The summed E-state index contributed by atoms with van der Waals surface area (Å²) in [5.74, 6) is 0.472. The topological polar surface area (TPSA) is 119 Å². The zero-order chi connectivity index (χ0) is 27.9. The van der Waals surface area contributed by atoms with E-state index in [1.807, 2.05) is 24.3 Å². The van der Waals surface area contributed by atoms with Crippen LogP contribution >= 0.6 is 11.6 Å². The SMILES string of the molecule is CCCCc1nc(Cl)c(COCc2ccccc2C(=O)O)n1Cc1ccc(-c2ccccc2-c2nn[nH]n2)cc1. The van der Waals surface area contributed by atoms with Gasteiger partial charge in [-0.25, -0.2) is 9.78 Å². The highest BCUT2D eigenvalue weighted by molar-refractivity contribution is 6.30. The van der Waals surface area contributed by atoms with Gasteiger partial charge in [0.05, 0.1) is 24.5 Å². The van der Waals surface area contributed by atoms with Crippen molar-refractivity contribution in [2.75, 3.05) is 0 Å². The molecule has 2 heterocycles. The van der Waals surface area contributed by atoms with Gasteiger partial charge in [-0.05, 0) is 40.0 Å². The molecule has 0 bridgehead atoms. The largest absolute Gasteiger partial charge is 0.478 e. The fourth-order valence-corrected chi connectivity index (χ4v) is 4.90. The zero-order valence-electron chi connectivity index (χ0n) is 22.0. The molecule has 0 aliphatic rings. The summed E-state index contributed by atoms with van der Waals surface area (Å²) in [7, 11) is 0. The summed E-state index contributed by atoms with van der Waals surface area (Å²) in [6, 6.07) is 23.1. The summed E-state index contributed by atoms with van der Waals surface area (Å²) in [5, 5.41) is 24.4. The normalized spacial score (nSPS) is 11.2. The second-order valence-electron chi connectivity index (χ2n) is 9.39. The number of nitrogens with zero attached hydrogens (tertiary/aromatic N) is 5. The number of tetrazole rings is 1. The lowest BCUT2D eigenvalue weighted by atomic mass is 9.98. The van der Waals surface area contributed by atoms with Gasteiger partial charge in [0.25, 0.3) is 0 Å². The van der Waals surface area contributed by atoms with Crippen molar-refractivity contribution in [2.45, 2.75) is 45.9 Å². The second kappa shape index (κ2) is 12.7. The fraction of sp³-hybridized carbons (Fsp3) is 0.233. The van der Waals surface area contributed by atoms with Gasteiger partial charge >= 0.3 is 5.97 Å². The Morgan fingerprint density at radius 2 is 1.75 bits per heavy atom. The number of aromatic carboxylic acids is 1. The van der Waals surface area contributed by atoms with E-state index in [4.69, 9.17) is 16.3 Å². The number of benzene rings is 3. The summed E-state index contributed by atoms with van der Waals surface area (Å²) in [6.07, 6.45) is 2.83. The van der Waals surface area contributed by atoms with E-state index >= 15 is 0 Å². The number of imidazole rings is 1. The van der Waals surface area contributed by atoms with Crippen molar-refractivity contribution in [2.24, 2.45) is 0 Å². The number of hydrogen-bond donors (Lipinski definition) is 2. The van der Waals surface area contributed by atoms with Crippen molar-refractivity contribution in [1.82, 2.24) is 30.2 Å². The maximum absolute atomic E-state index is 11.6. The minimum atomic E-state index is -0.979. The Bertz CT molecular complexity index is 1580. The molecule has 10 heteroatoms. The average molecular weight is 557 g/mol. The Morgan fingerprint density at radius 1 is 1.00 bits per heavy atom. The van der Waals surface area contributed by atoms with Crippen LogP contribution in [0.5, 0.6) is 0 Å². The monoisotopic (exact) mass is 556 g/mol. The number of rotatable bonds is 12. The van der Waals surface area contributed by atoms with Gasteiger partial charge < -0.3 is 14.4 Å². The summed E-state index contributed by atoms with van der Waals surface area (Å²) in [5.41, 5.74) is 5.65.